The van der Waals surface area contributed by atoms with E-state index in [0.29, 0.717) is 13.1 Å². The van der Waals surface area contributed by atoms with Gasteiger partial charge in [0, 0.05) is 25.2 Å². The maximum absolute atomic E-state index is 13.5. The summed E-state index contributed by atoms with van der Waals surface area (Å²) in [7, 11) is 0. The fourth-order valence-corrected chi connectivity index (χ4v) is 3.47. The molecule has 152 valence electrons. The third kappa shape index (κ3) is 6.22. The second-order valence-corrected chi connectivity index (χ2v) is 6.99. The van der Waals surface area contributed by atoms with Gasteiger partial charge in [0.25, 0.3) is 0 Å². The third-order valence-electron chi connectivity index (χ3n) is 4.74. The zero-order chi connectivity index (χ0) is 19.3. The van der Waals surface area contributed by atoms with Crippen LogP contribution >= 0.6 is 0 Å². The fourth-order valence-electron chi connectivity index (χ4n) is 3.47. The lowest BCUT2D eigenvalue weighted by atomic mass is 9.84. The molecule has 2 aliphatic rings. The highest BCUT2D eigenvalue weighted by Crippen LogP contribution is 2.39. The lowest BCUT2D eigenvalue weighted by molar-refractivity contribution is -0.199. The van der Waals surface area contributed by atoms with E-state index in [4.69, 9.17) is 5.73 Å². The van der Waals surface area contributed by atoms with Crippen molar-refractivity contribution in [3.05, 3.63) is 0 Å². The van der Waals surface area contributed by atoms with Crippen LogP contribution in [0.15, 0.2) is 0 Å². The minimum absolute atomic E-state index is 0.0447. The quantitative estimate of drug-likeness (QED) is 0.387. The highest BCUT2D eigenvalue weighted by atomic mass is 19.4. The van der Waals surface area contributed by atoms with E-state index in [1.807, 2.05) is 6.92 Å². The summed E-state index contributed by atoms with van der Waals surface area (Å²) in [6, 6.07) is -1.18. The van der Waals surface area contributed by atoms with E-state index in [2.05, 4.69) is 26.6 Å². The summed E-state index contributed by atoms with van der Waals surface area (Å²) >= 11 is 0. The first-order chi connectivity index (χ1) is 12.2. The van der Waals surface area contributed by atoms with E-state index in [9.17, 15) is 22.4 Å². The van der Waals surface area contributed by atoms with Crippen molar-refractivity contribution < 1.29 is 22.4 Å². The van der Waals surface area contributed by atoms with Gasteiger partial charge in [0.05, 0.1) is 12.1 Å². The molecule has 1 saturated carbocycles. The summed E-state index contributed by atoms with van der Waals surface area (Å²) in [5, 5.41) is 14.6. The summed E-state index contributed by atoms with van der Waals surface area (Å²) in [6.45, 7) is 3.06. The molecule has 0 spiro atoms. The largest absolute Gasteiger partial charge is 0.394 e. The number of urea groups is 1. The van der Waals surface area contributed by atoms with Gasteiger partial charge in [-0.3, -0.25) is 10.6 Å². The molecule has 6 atom stereocenters. The number of carbonyl (C=O) groups excluding carboxylic acids is 1. The molecule has 0 aromatic carbocycles. The Morgan fingerprint density at radius 1 is 1.19 bits per heavy atom. The Morgan fingerprint density at radius 2 is 1.92 bits per heavy atom. The molecule has 0 radical (unpaired) electrons. The molecule has 1 aliphatic carbocycles. The van der Waals surface area contributed by atoms with Gasteiger partial charge in [0.1, 0.15) is 12.5 Å². The van der Waals surface area contributed by atoms with Gasteiger partial charge in [-0.2, -0.15) is 13.2 Å². The normalized spacial score (nSPS) is 35.8. The molecule has 0 aromatic heterocycles. The van der Waals surface area contributed by atoms with Crippen molar-refractivity contribution in [2.45, 2.75) is 69.5 Å². The summed E-state index contributed by atoms with van der Waals surface area (Å²) in [5.74, 6) is -2.03. The molecule has 11 heteroatoms. The van der Waals surface area contributed by atoms with Crippen molar-refractivity contribution in [2.75, 3.05) is 13.1 Å². The van der Waals surface area contributed by atoms with E-state index < -0.39 is 43.0 Å². The Labute approximate surface area is 150 Å². The van der Waals surface area contributed by atoms with Crippen LogP contribution in [0.3, 0.4) is 0 Å². The van der Waals surface area contributed by atoms with Gasteiger partial charge in [0.15, 0.2) is 0 Å². The number of halogens is 4. The van der Waals surface area contributed by atoms with Crippen molar-refractivity contribution >= 4 is 6.03 Å². The van der Waals surface area contributed by atoms with Crippen molar-refractivity contribution in [3.8, 4) is 0 Å². The number of carbonyl (C=O) groups is 1. The van der Waals surface area contributed by atoms with Gasteiger partial charge in [-0.1, -0.05) is 0 Å². The molecule has 2 amide bonds. The summed E-state index contributed by atoms with van der Waals surface area (Å²) < 4.78 is 52.1. The molecule has 1 saturated heterocycles. The zero-order valence-corrected chi connectivity index (χ0v) is 14.7. The van der Waals surface area contributed by atoms with Crippen LogP contribution in [0.2, 0.25) is 0 Å². The van der Waals surface area contributed by atoms with Gasteiger partial charge < -0.3 is 21.7 Å². The Hall–Kier alpha value is -1.17. The number of rotatable bonds is 5. The fraction of sp³-hybridized carbons (Fsp3) is 0.933. The van der Waals surface area contributed by atoms with Crippen molar-refractivity contribution in [3.63, 3.8) is 0 Å². The molecular weight excluding hydrogens is 356 g/mol. The van der Waals surface area contributed by atoms with Gasteiger partial charge in [-0.15, -0.1) is 0 Å². The molecule has 1 heterocycles. The predicted octanol–water partition coefficient (Wildman–Crippen LogP) is 0.484. The van der Waals surface area contributed by atoms with Crippen molar-refractivity contribution in [2.24, 2.45) is 11.7 Å². The Kier molecular flexibility index (Phi) is 7.44. The van der Waals surface area contributed by atoms with Gasteiger partial charge in [-0.05, 0) is 32.6 Å². The second-order valence-electron chi connectivity index (χ2n) is 6.99. The van der Waals surface area contributed by atoms with Crippen LogP contribution in [-0.4, -0.2) is 56.0 Å². The first-order valence-corrected chi connectivity index (χ1v) is 8.92. The lowest BCUT2D eigenvalue weighted by Gasteiger charge is -2.37. The SMILES string of the molecule is CC1CC(NCCN)NC(NC(=O)NC2CCC(F)C(C(F)(F)F)C2)N1. The van der Waals surface area contributed by atoms with Crippen LogP contribution in [0.5, 0.6) is 0 Å². The maximum atomic E-state index is 13.5. The Morgan fingerprint density at radius 3 is 2.58 bits per heavy atom. The molecule has 6 unspecified atom stereocenters. The number of nitrogens with one attached hydrogen (secondary N) is 5. The first kappa shape index (κ1) is 21.1. The molecule has 0 aromatic rings. The van der Waals surface area contributed by atoms with Crippen molar-refractivity contribution in [1.29, 1.82) is 0 Å². The van der Waals surface area contributed by atoms with Crippen LogP contribution in [0, 0.1) is 5.92 Å². The minimum atomic E-state index is -4.60. The predicted molar refractivity (Wildman–Crippen MR) is 88.7 cm³/mol. The highest BCUT2D eigenvalue weighted by molar-refractivity contribution is 5.74. The summed E-state index contributed by atoms with van der Waals surface area (Å²) in [5.41, 5.74) is 5.46. The maximum Gasteiger partial charge on any atom is 0.394 e. The summed E-state index contributed by atoms with van der Waals surface area (Å²) in [4.78, 5) is 12.1. The van der Waals surface area contributed by atoms with E-state index in [1.165, 1.54) is 0 Å². The highest BCUT2D eigenvalue weighted by Gasteiger charge is 2.48. The summed E-state index contributed by atoms with van der Waals surface area (Å²) in [6.07, 6.45) is -6.77. The van der Waals surface area contributed by atoms with Gasteiger partial charge >= 0.3 is 12.2 Å². The average molecular weight is 384 g/mol. The van der Waals surface area contributed by atoms with E-state index in [0.717, 1.165) is 6.42 Å². The molecule has 7 nitrogen and oxygen atoms in total. The number of hydrogen-bond acceptors (Lipinski definition) is 5. The Balaban J connectivity index is 1.82. The van der Waals surface area contributed by atoms with Crippen LogP contribution in [0.4, 0.5) is 22.4 Å². The smallest absolute Gasteiger partial charge is 0.335 e. The molecular formula is C15H28F4N6O. The topological polar surface area (TPSA) is 103 Å². The lowest BCUT2D eigenvalue weighted by Crippen LogP contribution is -2.68. The van der Waals surface area contributed by atoms with E-state index in [-0.39, 0.29) is 25.0 Å². The standard InChI is InChI=1S/C15H28F4N6O/c1-8-6-12(21-5-4-20)24-13(22-8)25-14(26)23-9-2-3-11(16)10(7-9)15(17,18)19/h8-13,21-22,24H,2-7,20H2,1H3,(H2,23,25,26). The Bertz CT molecular complexity index is 466. The van der Waals surface area contributed by atoms with Crippen LogP contribution in [-0.2, 0) is 0 Å². The van der Waals surface area contributed by atoms with Gasteiger partial charge in [-0.25, -0.2) is 9.18 Å². The first-order valence-electron chi connectivity index (χ1n) is 8.92. The molecule has 26 heavy (non-hydrogen) atoms. The minimum Gasteiger partial charge on any atom is -0.335 e. The van der Waals surface area contributed by atoms with E-state index >= 15 is 0 Å². The van der Waals surface area contributed by atoms with E-state index in [1.54, 1.807) is 0 Å². The molecule has 2 rings (SSSR count). The monoisotopic (exact) mass is 384 g/mol. The number of amides is 2. The average Bonchev–Trinajstić information content (AvgIpc) is 2.53. The molecule has 1 aliphatic heterocycles. The van der Waals surface area contributed by atoms with Gasteiger partial charge in [0.2, 0.25) is 0 Å². The molecule has 0 bridgehead atoms. The third-order valence-corrected chi connectivity index (χ3v) is 4.74. The molecule has 7 N–H and O–H groups in total. The number of alkyl halides is 4. The number of hydrogen-bond donors (Lipinski definition) is 6. The van der Waals surface area contributed by atoms with Crippen LogP contribution in [0.1, 0.15) is 32.6 Å². The van der Waals surface area contributed by atoms with Crippen molar-refractivity contribution in [1.82, 2.24) is 26.6 Å². The molecule has 2 fully saturated rings. The number of nitrogens with two attached hydrogens (primary N) is 1. The van der Waals surface area contributed by atoms with Crippen LogP contribution < -0.4 is 32.3 Å². The second kappa shape index (κ2) is 9.16. The van der Waals surface area contributed by atoms with Crippen LogP contribution in [0.25, 0.3) is 0 Å². The zero-order valence-electron chi connectivity index (χ0n) is 14.7.